The summed E-state index contributed by atoms with van der Waals surface area (Å²) in [6.07, 6.45) is 1.48. The van der Waals surface area contributed by atoms with E-state index >= 15 is 0 Å². The fourth-order valence-electron chi connectivity index (χ4n) is 3.19. The van der Waals surface area contributed by atoms with E-state index in [9.17, 15) is 14.0 Å². The maximum atomic E-state index is 13.7. The van der Waals surface area contributed by atoms with Crippen molar-refractivity contribution in [2.45, 2.75) is 19.8 Å². The van der Waals surface area contributed by atoms with Crippen molar-refractivity contribution in [3.05, 3.63) is 59.9 Å². The van der Waals surface area contributed by atoms with E-state index in [-0.39, 0.29) is 11.5 Å². The van der Waals surface area contributed by atoms with E-state index in [0.717, 1.165) is 38.3 Å². The van der Waals surface area contributed by atoms with Crippen LogP contribution in [0.4, 0.5) is 15.8 Å². The molecule has 2 amide bonds. The Labute approximate surface area is 158 Å². The molecule has 0 radical (unpaired) electrons. The highest BCUT2D eigenvalue weighted by molar-refractivity contribution is 6.04. The SMILES string of the molecule is CCCC(=O)N1CCN(c2ccc(NC(=O)c3ccccc3F)cc2)CC1. The van der Waals surface area contributed by atoms with Crippen molar-refractivity contribution in [2.75, 3.05) is 36.4 Å². The molecule has 142 valence electrons. The molecule has 5 nitrogen and oxygen atoms in total. The fraction of sp³-hybridized carbons (Fsp3) is 0.333. The number of carbonyl (C=O) groups excluding carboxylic acids is 2. The number of carbonyl (C=O) groups is 2. The van der Waals surface area contributed by atoms with Crippen LogP contribution in [-0.2, 0) is 4.79 Å². The van der Waals surface area contributed by atoms with Crippen LogP contribution in [0.2, 0.25) is 0 Å². The number of anilines is 2. The number of nitrogens with zero attached hydrogens (tertiary/aromatic N) is 2. The molecule has 0 unspecified atom stereocenters. The van der Waals surface area contributed by atoms with Gasteiger partial charge in [-0.05, 0) is 42.8 Å². The Morgan fingerprint density at radius 2 is 1.67 bits per heavy atom. The van der Waals surface area contributed by atoms with Crippen molar-refractivity contribution < 1.29 is 14.0 Å². The first-order valence-electron chi connectivity index (χ1n) is 9.27. The lowest BCUT2D eigenvalue weighted by atomic mass is 10.2. The van der Waals surface area contributed by atoms with Crippen LogP contribution in [0, 0.1) is 5.82 Å². The predicted octanol–water partition coefficient (Wildman–Crippen LogP) is 3.53. The Morgan fingerprint density at radius 3 is 2.30 bits per heavy atom. The van der Waals surface area contributed by atoms with Gasteiger partial charge in [0, 0.05) is 44.0 Å². The minimum absolute atomic E-state index is 0.0226. The minimum atomic E-state index is -0.540. The van der Waals surface area contributed by atoms with Crippen LogP contribution in [0.1, 0.15) is 30.1 Å². The smallest absolute Gasteiger partial charge is 0.258 e. The third kappa shape index (κ3) is 4.64. The maximum Gasteiger partial charge on any atom is 0.258 e. The quantitative estimate of drug-likeness (QED) is 0.877. The van der Waals surface area contributed by atoms with E-state index < -0.39 is 11.7 Å². The molecule has 27 heavy (non-hydrogen) atoms. The third-order valence-corrected chi connectivity index (χ3v) is 4.71. The number of rotatable bonds is 5. The van der Waals surface area contributed by atoms with Crippen molar-refractivity contribution in [1.29, 1.82) is 0 Å². The van der Waals surface area contributed by atoms with Gasteiger partial charge in [0.2, 0.25) is 5.91 Å². The second kappa shape index (κ2) is 8.66. The van der Waals surface area contributed by atoms with E-state index in [1.54, 1.807) is 12.1 Å². The van der Waals surface area contributed by atoms with Gasteiger partial charge in [-0.3, -0.25) is 9.59 Å². The summed E-state index contributed by atoms with van der Waals surface area (Å²) >= 11 is 0. The molecule has 0 atom stereocenters. The first-order chi connectivity index (χ1) is 13.1. The van der Waals surface area contributed by atoms with Crippen LogP contribution in [0.3, 0.4) is 0 Å². The van der Waals surface area contributed by atoms with Gasteiger partial charge in [-0.1, -0.05) is 19.1 Å². The van der Waals surface area contributed by atoms with Crippen molar-refractivity contribution in [3.63, 3.8) is 0 Å². The summed E-state index contributed by atoms with van der Waals surface area (Å²) in [5, 5.41) is 2.71. The summed E-state index contributed by atoms with van der Waals surface area (Å²) in [6, 6.07) is 13.4. The number of benzene rings is 2. The second-order valence-corrected chi connectivity index (χ2v) is 6.60. The predicted molar refractivity (Wildman–Crippen MR) is 104 cm³/mol. The zero-order valence-electron chi connectivity index (χ0n) is 15.5. The zero-order chi connectivity index (χ0) is 19.2. The average molecular weight is 369 g/mol. The van der Waals surface area contributed by atoms with Crippen molar-refractivity contribution >= 4 is 23.2 Å². The highest BCUT2D eigenvalue weighted by atomic mass is 19.1. The van der Waals surface area contributed by atoms with Gasteiger partial charge in [0.15, 0.2) is 0 Å². The first-order valence-corrected chi connectivity index (χ1v) is 9.27. The molecule has 2 aromatic carbocycles. The standard InChI is InChI=1S/C21H24FN3O2/c1-2-5-20(26)25-14-12-24(13-15-25)17-10-8-16(9-11-17)23-21(27)18-6-3-4-7-19(18)22/h3-4,6-11H,2,5,12-15H2,1H3,(H,23,27). The van der Waals surface area contributed by atoms with Crippen molar-refractivity contribution in [2.24, 2.45) is 0 Å². The molecule has 0 aromatic heterocycles. The van der Waals surface area contributed by atoms with E-state index in [2.05, 4.69) is 10.2 Å². The summed E-state index contributed by atoms with van der Waals surface area (Å²) in [4.78, 5) is 28.3. The molecular formula is C21H24FN3O2. The number of hydrogen-bond donors (Lipinski definition) is 1. The normalized spacial score (nSPS) is 14.1. The first kappa shape index (κ1) is 18.9. The van der Waals surface area contributed by atoms with Crippen LogP contribution < -0.4 is 10.2 Å². The number of amides is 2. The van der Waals surface area contributed by atoms with Gasteiger partial charge in [-0.2, -0.15) is 0 Å². The third-order valence-electron chi connectivity index (χ3n) is 4.71. The summed E-state index contributed by atoms with van der Waals surface area (Å²) < 4.78 is 13.7. The van der Waals surface area contributed by atoms with Crippen LogP contribution in [0.15, 0.2) is 48.5 Å². The van der Waals surface area contributed by atoms with E-state index in [1.807, 2.05) is 36.1 Å². The largest absolute Gasteiger partial charge is 0.368 e. The van der Waals surface area contributed by atoms with Gasteiger partial charge in [0.1, 0.15) is 5.82 Å². The van der Waals surface area contributed by atoms with Gasteiger partial charge in [0.25, 0.3) is 5.91 Å². The molecule has 6 heteroatoms. The molecule has 0 saturated carbocycles. The second-order valence-electron chi connectivity index (χ2n) is 6.60. The Kier molecular flexibility index (Phi) is 6.06. The van der Waals surface area contributed by atoms with E-state index in [1.165, 1.54) is 12.1 Å². The Balaban J connectivity index is 1.57. The molecule has 1 N–H and O–H groups in total. The summed E-state index contributed by atoms with van der Waals surface area (Å²) in [5.74, 6) is -0.783. The highest BCUT2D eigenvalue weighted by Crippen LogP contribution is 2.20. The summed E-state index contributed by atoms with van der Waals surface area (Å²) in [7, 11) is 0. The fourth-order valence-corrected chi connectivity index (χ4v) is 3.19. The number of piperazine rings is 1. The van der Waals surface area contributed by atoms with E-state index in [4.69, 9.17) is 0 Å². The number of nitrogens with one attached hydrogen (secondary N) is 1. The number of halogens is 1. The maximum absolute atomic E-state index is 13.7. The molecule has 0 aliphatic carbocycles. The zero-order valence-corrected chi connectivity index (χ0v) is 15.5. The molecule has 1 aliphatic rings. The molecule has 3 rings (SSSR count). The lowest BCUT2D eigenvalue weighted by Gasteiger charge is -2.36. The molecule has 2 aromatic rings. The lowest BCUT2D eigenvalue weighted by Crippen LogP contribution is -2.48. The molecule has 1 aliphatic heterocycles. The number of hydrogen-bond acceptors (Lipinski definition) is 3. The van der Waals surface area contributed by atoms with Gasteiger partial charge in [-0.25, -0.2) is 4.39 Å². The van der Waals surface area contributed by atoms with Crippen LogP contribution in [-0.4, -0.2) is 42.9 Å². The molecule has 1 heterocycles. The average Bonchev–Trinajstić information content (AvgIpc) is 2.69. The summed E-state index contributed by atoms with van der Waals surface area (Å²) in [6.45, 7) is 5.04. The van der Waals surface area contributed by atoms with Gasteiger partial charge in [-0.15, -0.1) is 0 Å². The van der Waals surface area contributed by atoms with Gasteiger partial charge in [0.05, 0.1) is 5.56 Å². The van der Waals surface area contributed by atoms with E-state index in [0.29, 0.717) is 12.1 Å². The molecule has 0 spiro atoms. The molecule has 1 saturated heterocycles. The lowest BCUT2D eigenvalue weighted by molar-refractivity contribution is -0.131. The van der Waals surface area contributed by atoms with Gasteiger partial charge >= 0.3 is 0 Å². The van der Waals surface area contributed by atoms with Crippen LogP contribution >= 0.6 is 0 Å². The Hall–Kier alpha value is -2.89. The topological polar surface area (TPSA) is 52.7 Å². The Bertz CT molecular complexity index is 799. The van der Waals surface area contributed by atoms with Crippen molar-refractivity contribution in [1.82, 2.24) is 4.90 Å². The Morgan fingerprint density at radius 1 is 1.00 bits per heavy atom. The highest BCUT2D eigenvalue weighted by Gasteiger charge is 2.20. The van der Waals surface area contributed by atoms with Crippen LogP contribution in [0.25, 0.3) is 0 Å². The molecular weight excluding hydrogens is 345 g/mol. The molecule has 0 bridgehead atoms. The molecule has 1 fully saturated rings. The van der Waals surface area contributed by atoms with Gasteiger partial charge < -0.3 is 15.1 Å². The summed E-state index contributed by atoms with van der Waals surface area (Å²) in [5.41, 5.74) is 1.68. The van der Waals surface area contributed by atoms with Crippen molar-refractivity contribution in [3.8, 4) is 0 Å². The minimum Gasteiger partial charge on any atom is -0.368 e. The monoisotopic (exact) mass is 369 g/mol. The van der Waals surface area contributed by atoms with Crippen LogP contribution in [0.5, 0.6) is 0 Å².